The number of amides is 1. The van der Waals surface area contributed by atoms with E-state index in [0.717, 1.165) is 47.8 Å². The Morgan fingerprint density at radius 3 is 2.73 bits per heavy atom. The summed E-state index contributed by atoms with van der Waals surface area (Å²) in [4.78, 5) is 33.1. The first kappa shape index (κ1) is 18.6. The molecule has 2 aromatic carbocycles. The molecule has 0 spiro atoms. The molecule has 30 heavy (non-hydrogen) atoms. The normalized spacial score (nSPS) is 19.2. The lowest BCUT2D eigenvalue weighted by atomic mass is 9.81. The Bertz CT molecular complexity index is 1260. The van der Waals surface area contributed by atoms with E-state index in [1.54, 1.807) is 10.9 Å². The van der Waals surface area contributed by atoms with Gasteiger partial charge in [0.25, 0.3) is 5.56 Å². The average molecular weight is 400 g/mol. The third-order valence-electron chi connectivity index (χ3n) is 6.26. The molecule has 4 aromatic rings. The molecule has 1 fully saturated rings. The van der Waals surface area contributed by atoms with Crippen molar-refractivity contribution < 1.29 is 4.79 Å². The van der Waals surface area contributed by atoms with E-state index >= 15 is 0 Å². The predicted octanol–water partition coefficient (Wildman–Crippen LogP) is 4.32. The number of H-pyrrole nitrogens is 1. The van der Waals surface area contributed by atoms with Crippen molar-refractivity contribution in [3.05, 3.63) is 71.4 Å². The lowest BCUT2D eigenvalue weighted by Crippen LogP contribution is -2.30. The molecular weight excluding hydrogens is 376 g/mol. The number of rotatable bonds is 4. The van der Waals surface area contributed by atoms with Gasteiger partial charge in [-0.3, -0.25) is 14.2 Å². The number of benzene rings is 2. The molecule has 6 nitrogen and oxygen atoms in total. The van der Waals surface area contributed by atoms with Crippen LogP contribution in [0.4, 0.5) is 5.69 Å². The summed E-state index contributed by atoms with van der Waals surface area (Å²) in [6.45, 7) is 0.660. The zero-order valence-electron chi connectivity index (χ0n) is 16.7. The molecular formula is C24H24N4O2. The number of nitrogens with zero attached hydrogens (tertiary/aromatic N) is 2. The summed E-state index contributed by atoms with van der Waals surface area (Å²) in [5.41, 5.74) is 2.62. The fourth-order valence-corrected chi connectivity index (χ4v) is 4.55. The number of para-hydroxylation sites is 1. The molecule has 2 heterocycles. The number of anilines is 1. The van der Waals surface area contributed by atoms with Crippen LogP contribution >= 0.6 is 0 Å². The van der Waals surface area contributed by atoms with E-state index in [2.05, 4.69) is 15.3 Å². The van der Waals surface area contributed by atoms with Gasteiger partial charge in [0.2, 0.25) is 5.91 Å². The van der Waals surface area contributed by atoms with Crippen LogP contribution in [0.5, 0.6) is 0 Å². The van der Waals surface area contributed by atoms with Crippen molar-refractivity contribution in [1.29, 1.82) is 0 Å². The van der Waals surface area contributed by atoms with E-state index < -0.39 is 0 Å². The Morgan fingerprint density at radius 2 is 1.87 bits per heavy atom. The highest BCUT2D eigenvalue weighted by Crippen LogP contribution is 2.31. The van der Waals surface area contributed by atoms with Gasteiger partial charge in [0.1, 0.15) is 0 Å². The molecule has 0 bridgehead atoms. The molecule has 1 amide bonds. The smallest absolute Gasteiger partial charge is 0.261 e. The van der Waals surface area contributed by atoms with Crippen molar-refractivity contribution >= 4 is 33.4 Å². The number of aromatic amines is 1. The minimum Gasteiger partial charge on any atom is -0.361 e. The second-order valence-corrected chi connectivity index (χ2v) is 8.17. The maximum absolute atomic E-state index is 12.8. The van der Waals surface area contributed by atoms with Crippen LogP contribution in [0.25, 0.3) is 21.8 Å². The number of fused-ring (bicyclic) bond motifs is 2. The standard InChI is InChI=1S/C24H24N4O2/c29-23(27-22-7-3-6-20-18(22)12-13-25-20)17-10-8-16(9-11-17)14-28-15-26-21-5-2-1-4-19(21)24(28)30/h1-7,12-13,15-17,25H,8-11,14H2,(H,27,29). The quantitative estimate of drug-likeness (QED) is 0.535. The van der Waals surface area contributed by atoms with Crippen molar-refractivity contribution in [2.75, 3.05) is 5.32 Å². The first-order chi connectivity index (χ1) is 14.7. The third kappa shape index (κ3) is 3.49. The summed E-state index contributed by atoms with van der Waals surface area (Å²) in [5.74, 6) is 0.497. The molecule has 5 rings (SSSR count). The molecule has 0 unspecified atom stereocenters. The SMILES string of the molecule is O=C(Nc1cccc2[nH]ccc12)C1CCC(Cn2cnc3ccccc3c2=O)CC1. The van der Waals surface area contributed by atoms with Gasteiger partial charge in [-0.25, -0.2) is 4.98 Å². The number of nitrogens with one attached hydrogen (secondary N) is 2. The zero-order valence-corrected chi connectivity index (χ0v) is 16.7. The van der Waals surface area contributed by atoms with Crippen molar-refractivity contribution in [3.63, 3.8) is 0 Å². The molecule has 2 N–H and O–H groups in total. The van der Waals surface area contributed by atoms with E-state index in [9.17, 15) is 9.59 Å². The predicted molar refractivity (Wildman–Crippen MR) is 118 cm³/mol. The first-order valence-corrected chi connectivity index (χ1v) is 10.5. The molecule has 1 aliphatic carbocycles. The van der Waals surface area contributed by atoms with Crippen molar-refractivity contribution in [1.82, 2.24) is 14.5 Å². The Labute approximate surface area is 173 Å². The molecule has 2 aromatic heterocycles. The van der Waals surface area contributed by atoms with Gasteiger partial charge in [-0.1, -0.05) is 18.2 Å². The minimum atomic E-state index is 0.0139. The van der Waals surface area contributed by atoms with E-state index in [4.69, 9.17) is 0 Å². The van der Waals surface area contributed by atoms with Gasteiger partial charge in [-0.05, 0) is 61.9 Å². The van der Waals surface area contributed by atoms with E-state index in [1.807, 2.05) is 54.7 Å². The van der Waals surface area contributed by atoms with Gasteiger partial charge in [0.05, 0.1) is 22.9 Å². The lowest BCUT2D eigenvalue weighted by Gasteiger charge is -2.28. The Hall–Kier alpha value is -3.41. The summed E-state index contributed by atoms with van der Waals surface area (Å²) in [6.07, 6.45) is 7.10. The summed E-state index contributed by atoms with van der Waals surface area (Å²) in [5, 5.41) is 4.80. The molecule has 0 radical (unpaired) electrons. The molecule has 1 saturated carbocycles. The van der Waals surface area contributed by atoms with Crippen LogP contribution in [0, 0.1) is 11.8 Å². The van der Waals surface area contributed by atoms with Gasteiger partial charge < -0.3 is 10.3 Å². The molecule has 0 saturated heterocycles. The Kier molecular flexibility index (Phi) is 4.83. The number of hydrogen-bond acceptors (Lipinski definition) is 3. The largest absolute Gasteiger partial charge is 0.361 e. The van der Waals surface area contributed by atoms with Gasteiger partial charge in [0, 0.05) is 29.6 Å². The monoisotopic (exact) mass is 400 g/mol. The molecule has 0 atom stereocenters. The first-order valence-electron chi connectivity index (χ1n) is 10.5. The third-order valence-corrected chi connectivity index (χ3v) is 6.26. The summed E-state index contributed by atoms with van der Waals surface area (Å²) in [6, 6.07) is 15.3. The van der Waals surface area contributed by atoms with Crippen LogP contribution in [0.3, 0.4) is 0 Å². The summed E-state index contributed by atoms with van der Waals surface area (Å²) < 4.78 is 1.72. The van der Waals surface area contributed by atoms with Crippen molar-refractivity contribution in [3.8, 4) is 0 Å². The van der Waals surface area contributed by atoms with Crippen molar-refractivity contribution in [2.24, 2.45) is 11.8 Å². The van der Waals surface area contributed by atoms with Crippen LogP contribution in [-0.4, -0.2) is 20.4 Å². The maximum atomic E-state index is 12.8. The lowest BCUT2D eigenvalue weighted by molar-refractivity contribution is -0.121. The number of carbonyl (C=O) groups excluding carboxylic acids is 1. The second kappa shape index (κ2) is 7.78. The van der Waals surface area contributed by atoms with Crippen LogP contribution in [0.15, 0.2) is 65.8 Å². The molecule has 152 valence electrons. The minimum absolute atomic E-state index is 0.0139. The molecule has 0 aliphatic heterocycles. The highest BCUT2D eigenvalue weighted by molar-refractivity contribution is 6.02. The fraction of sp³-hybridized carbons (Fsp3) is 0.292. The zero-order chi connectivity index (χ0) is 20.5. The maximum Gasteiger partial charge on any atom is 0.261 e. The average Bonchev–Trinajstić information content (AvgIpc) is 3.26. The Morgan fingerprint density at radius 1 is 1.03 bits per heavy atom. The van der Waals surface area contributed by atoms with Crippen LogP contribution in [0.2, 0.25) is 0 Å². The van der Waals surface area contributed by atoms with Gasteiger partial charge >= 0.3 is 0 Å². The number of aromatic nitrogens is 3. The van der Waals surface area contributed by atoms with Crippen LogP contribution < -0.4 is 10.9 Å². The van der Waals surface area contributed by atoms with Gasteiger partial charge in [-0.15, -0.1) is 0 Å². The number of carbonyl (C=O) groups is 1. The number of hydrogen-bond donors (Lipinski definition) is 2. The van der Waals surface area contributed by atoms with Crippen LogP contribution in [0.1, 0.15) is 25.7 Å². The van der Waals surface area contributed by atoms with Crippen LogP contribution in [-0.2, 0) is 11.3 Å². The highest BCUT2D eigenvalue weighted by Gasteiger charge is 2.27. The summed E-state index contributed by atoms with van der Waals surface area (Å²) >= 11 is 0. The van der Waals surface area contributed by atoms with Gasteiger partial charge in [-0.2, -0.15) is 0 Å². The molecule has 1 aliphatic rings. The second-order valence-electron chi connectivity index (χ2n) is 8.17. The van der Waals surface area contributed by atoms with Gasteiger partial charge in [0.15, 0.2) is 0 Å². The van der Waals surface area contributed by atoms with E-state index in [-0.39, 0.29) is 17.4 Å². The van der Waals surface area contributed by atoms with Crippen molar-refractivity contribution in [2.45, 2.75) is 32.2 Å². The topological polar surface area (TPSA) is 79.8 Å². The van der Waals surface area contributed by atoms with E-state index in [1.165, 1.54) is 0 Å². The van der Waals surface area contributed by atoms with E-state index in [0.29, 0.717) is 17.8 Å². The molecule has 6 heteroatoms. The highest BCUT2D eigenvalue weighted by atomic mass is 16.2. The fourth-order valence-electron chi connectivity index (χ4n) is 4.55. The Balaban J connectivity index is 1.22. The summed E-state index contributed by atoms with van der Waals surface area (Å²) in [7, 11) is 0.